The van der Waals surface area contributed by atoms with Crippen molar-refractivity contribution in [2.45, 2.75) is 83.3 Å². The first kappa shape index (κ1) is 13.4. The van der Waals surface area contributed by atoms with Crippen molar-refractivity contribution in [3.8, 4) is 0 Å². The number of hydrogen-bond donors (Lipinski definition) is 1. The minimum absolute atomic E-state index is 0.813. The Bertz CT molecular complexity index is 211. The van der Waals surface area contributed by atoms with Crippen molar-refractivity contribution in [2.75, 3.05) is 13.1 Å². The summed E-state index contributed by atoms with van der Waals surface area (Å²) in [4.78, 5) is 2.73. The van der Waals surface area contributed by atoms with Crippen LogP contribution in [0.4, 0.5) is 0 Å². The first-order chi connectivity index (χ1) is 8.31. The van der Waals surface area contributed by atoms with E-state index in [1.807, 2.05) is 0 Å². The van der Waals surface area contributed by atoms with Crippen molar-refractivity contribution in [1.82, 2.24) is 10.2 Å². The summed E-state index contributed by atoms with van der Waals surface area (Å²) in [6, 6.07) is 2.49. The lowest BCUT2D eigenvalue weighted by atomic mass is 9.95. The van der Waals surface area contributed by atoms with Gasteiger partial charge in [-0.15, -0.1) is 0 Å². The molecular formula is C15H30N2. The molecular weight excluding hydrogens is 208 g/mol. The highest BCUT2D eigenvalue weighted by Crippen LogP contribution is 2.25. The number of likely N-dealkylation sites (tertiary alicyclic amines) is 1. The maximum atomic E-state index is 3.77. The molecule has 0 radical (unpaired) electrons. The van der Waals surface area contributed by atoms with E-state index in [0.717, 1.165) is 18.1 Å². The molecule has 1 N–H and O–H groups in total. The summed E-state index contributed by atoms with van der Waals surface area (Å²) in [7, 11) is 0. The van der Waals surface area contributed by atoms with Crippen molar-refractivity contribution in [2.24, 2.45) is 0 Å². The van der Waals surface area contributed by atoms with E-state index in [-0.39, 0.29) is 0 Å². The van der Waals surface area contributed by atoms with E-state index in [1.54, 1.807) is 0 Å². The largest absolute Gasteiger partial charge is 0.313 e. The normalized spacial score (nSPS) is 32.1. The van der Waals surface area contributed by atoms with Crippen molar-refractivity contribution in [3.63, 3.8) is 0 Å². The van der Waals surface area contributed by atoms with Crippen LogP contribution in [0.15, 0.2) is 0 Å². The molecule has 2 rings (SSSR count). The molecule has 1 saturated carbocycles. The fourth-order valence-electron chi connectivity index (χ4n) is 3.67. The summed E-state index contributed by atoms with van der Waals surface area (Å²) in [5.41, 5.74) is 0. The monoisotopic (exact) mass is 238 g/mol. The van der Waals surface area contributed by atoms with Crippen molar-refractivity contribution in [1.29, 1.82) is 0 Å². The molecule has 0 aromatic heterocycles. The zero-order chi connectivity index (χ0) is 12.1. The highest BCUT2D eigenvalue weighted by Gasteiger charge is 2.28. The van der Waals surface area contributed by atoms with Crippen LogP contribution < -0.4 is 5.32 Å². The van der Waals surface area contributed by atoms with Crippen molar-refractivity contribution < 1.29 is 0 Å². The van der Waals surface area contributed by atoms with Gasteiger partial charge in [-0.2, -0.15) is 0 Å². The number of nitrogens with zero attached hydrogens (tertiary/aromatic N) is 1. The highest BCUT2D eigenvalue weighted by atomic mass is 15.2. The summed E-state index contributed by atoms with van der Waals surface area (Å²) in [6.45, 7) is 7.20. The van der Waals surface area contributed by atoms with Crippen LogP contribution in [-0.2, 0) is 0 Å². The third-order valence-corrected chi connectivity index (χ3v) is 4.83. The lowest BCUT2D eigenvalue weighted by Gasteiger charge is -2.29. The smallest absolute Gasteiger partial charge is 0.0113 e. The Morgan fingerprint density at radius 1 is 1.06 bits per heavy atom. The lowest BCUT2D eigenvalue weighted by Crippen LogP contribution is -2.42. The molecule has 0 amide bonds. The lowest BCUT2D eigenvalue weighted by molar-refractivity contribution is 0.194. The quantitative estimate of drug-likeness (QED) is 0.791. The molecule has 2 heteroatoms. The maximum Gasteiger partial charge on any atom is 0.0113 e. The average Bonchev–Trinajstić information content (AvgIpc) is 2.72. The van der Waals surface area contributed by atoms with Crippen LogP contribution >= 0.6 is 0 Å². The van der Waals surface area contributed by atoms with Crippen molar-refractivity contribution in [3.05, 3.63) is 0 Å². The summed E-state index contributed by atoms with van der Waals surface area (Å²) in [6.07, 6.45) is 11.3. The van der Waals surface area contributed by atoms with Gasteiger partial charge < -0.3 is 5.32 Å². The predicted octanol–water partition coefficient (Wildman–Crippen LogP) is 3.17. The van der Waals surface area contributed by atoms with E-state index in [1.165, 1.54) is 64.5 Å². The van der Waals surface area contributed by atoms with Gasteiger partial charge in [-0.3, -0.25) is 4.90 Å². The summed E-state index contributed by atoms with van der Waals surface area (Å²) in [5, 5.41) is 3.77. The van der Waals surface area contributed by atoms with Crippen LogP contribution in [0.25, 0.3) is 0 Å². The number of rotatable bonds is 5. The van der Waals surface area contributed by atoms with Crippen LogP contribution in [0, 0.1) is 0 Å². The standard InChI is InChI=1S/C15H30N2/c1-3-15-10-9-13(2)17(15)12-11-16-14-7-5-4-6-8-14/h13-16H,3-12H2,1-2H3. The summed E-state index contributed by atoms with van der Waals surface area (Å²) >= 11 is 0. The third kappa shape index (κ3) is 3.69. The van der Waals surface area contributed by atoms with Gasteiger partial charge in [0.2, 0.25) is 0 Å². The zero-order valence-corrected chi connectivity index (χ0v) is 11.8. The minimum atomic E-state index is 0.813. The molecule has 2 aliphatic rings. The fourth-order valence-corrected chi connectivity index (χ4v) is 3.67. The average molecular weight is 238 g/mol. The fraction of sp³-hybridized carbons (Fsp3) is 1.00. The van der Waals surface area contributed by atoms with Crippen LogP contribution in [0.2, 0.25) is 0 Å². The predicted molar refractivity (Wildman–Crippen MR) is 74.4 cm³/mol. The molecule has 2 fully saturated rings. The minimum Gasteiger partial charge on any atom is -0.313 e. The molecule has 2 atom stereocenters. The topological polar surface area (TPSA) is 15.3 Å². The van der Waals surface area contributed by atoms with Gasteiger partial charge >= 0.3 is 0 Å². The molecule has 0 aromatic rings. The zero-order valence-electron chi connectivity index (χ0n) is 11.8. The van der Waals surface area contributed by atoms with E-state index in [2.05, 4.69) is 24.1 Å². The third-order valence-electron chi connectivity index (χ3n) is 4.83. The van der Waals surface area contributed by atoms with Crippen LogP contribution in [0.1, 0.15) is 65.2 Å². The van der Waals surface area contributed by atoms with Crippen LogP contribution in [0.3, 0.4) is 0 Å². The Kier molecular flexibility index (Phi) is 5.30. The van der Waals surface area contributed by atoms with Gasteiger partial charge in [0.05, 0.1) is 0 Å². The molecule has 1 aliphatic carbocycles. The van der Waals surface area contributed by atoms with Crippen LogP contribution in [-0.4, -0.2) is 36.1 Å². The van der Waals surface area contributed by atoms with Gasteiger partial charge in [0.1, 0.15) is 0 Å². The second-order valence-electron chi connectivity index (χ2n) is 6.02. The summed E-state index contributed by atoms with van der Waals surface area (Å²) < 4.78 is 0. The first-order valence-corrected chi connectivity index (χ1v) is 7.80. The van der Waals surface area contributed by atoms with E-state index in [0.29, 0.717) is 0 Å². The molecule has 100 valence electrons. The Morgan fingerprint density at radius 3 is 2.53 bits per heavy atom. The molecule has 17 heavy (non-hydrogen) atoms. The molecule has 1 heterocycles. The molecule has 0 bridgehead atoms. The molecule has 2 unspecified atom stereocenters. The van der Waals surface area contributed by atoms with E-state index in [4.69, 9.17) is 0 Å². The SMILES string of the molecule is CCC1CCC(C)N1CCNC1CCCCC1. The molecule has 2 nitrogen and oxygen atoms in total. The Balaban J connectivity index is 1.66. The van der Waals surface area contributed by atoms with Gasteiger partial charge in [0.25, 0.3) is 0 Å². The Labute approximate surface area is 107 Å². The van der Waals surface area contributed by atoms with Gasteiger partial charge in [-0.05, 0) is 39.0 Å². The number of nitrogens with one attached hydrogen (secondary N) is 1. The Hall–Kier alpha value is -0.0800. The second kappa shape index (κ2) is 6.75. The number of hydrogen-bond acceptors (Lipinski definition) is 2. The molecule has 0 spiro atoms. The van der Waals surface area contributed by atoms with Gasteiger partial charge in [-0.1, -0.05) is 26.2 Å². The first-order valence-electron chi connectivity index (χ1n) is 7.80. The second-order valence-corrected chi connectivity index (χ2v) is 6.02. The molecule has 0 aromatic carbocycles. The highest BCUT2D eigenvalue weighted by molar-refractivity contribution is 4.85. The van der Waals surface area contributed by atoms with Gasteiger partial charge in [0, 0.05) is 31.2 Å². The van der Waals surface area contributed by atoms with E-state index >= 15 is 0 Å². The van der Waals surface area contributed by atoms with Crippen LogP contribution in [0.5, 0.6) is 0 Å². The van der Waals surface area contributed by atoms with E-state index in [9.17, 15) is 0 Å². The van der Waals surface area contributed by atoms with Crippen molar-refractivity contribution >= 4 is 0 Å². The maximum absolute atomic E-state index is 3.77. The Morgan fingerprint density at radius 2 is 1.82 bits per heavy atom. The van der Waals surface area contributed by atoms with Gasteiger partial charge in [0.15, 0.2) is 0 Å². The van der Waals surface area contributed by atoms with Gasteiger partial charge in [-0.25, -0.2) is 0 Å². The molecule has 1 aliphatic heterocycles. The van der Waals surface area contributed by atoms with E-state index < -0.39 is 0 Å². The summed E-state index contributed by atoms with van der Waals surface area (Å²) in [5.74, 6) is 0. The molecule has 1 saturated heterocycles.